The van der Waals surface area contributed by atoms with E-state index in [1.54, 1.807) is 12.1 Å². The number of nitrogen functional groups attached to an aromatic ring is 1. The van der Waals surface area contributed by atoms with E-state index in [4.69, 9.17) is 10.5 Å². The second kappa shape index (κ2) is 2.97. The number of nitrogens with zero attached hydrogens (tertiary/aromatic N) is 1. The number of fused-ring (bicyclic) bond motifs is 1. The Labute approximate surface area is 82.1 Å². The van der Waals surface area contributed by atoms with E-state index < -0.39 is 0 Å². The van der Waals surface area contributed by atoms with E-state index in [0.717, 1.165) is 5.69 Å². The Balaban J connectivity index is 2.56. The molecule has 1 aliphatic heterocycles. The molecule has 0 radical (unpaired) electrons. The number of anilines is 1. The van der Waals surface area contributed by atoms with Gasteiger partial charge >= 0.3 is 5.97 Å². The molecule has 1 aromatic rings. The van der Waals surface area contributed by atoms with Gasteiger partial charge in [0.25, 0.3) is 0 Å². The van der Waals surface area contributed by atoms with Crippen LogP contribution in [0, 0.1) is 0 Å². The maximum atomic E-state index is 11.4. The van der Waals surface area contributed by atoms with Crippen molar-refractivity contribution in [2.45, 2.75) is 25.9 Å². The molecule has 74 valence electrons. The van der Waals surface area contributed by atoms with E-state index in [2.05, 4.69) is 4.98 Å². The Morgan fingerprint density at radius 3 is 2.86 bits per heavy atom. The highest BCUT2D eigenvalue weighted by Gasteiger charge is 2.31. The SMILES string of the molecule is CC1c2nc(N)ccc2C(=O)O[C@@H]1C. The normalized spacial score (nSPS) is 25.4. The molecule has 0 aliphatic carbocycles. The molecule has 1 aliphatic rings. The fraction of sp³-hybridized carbons (Fsp3) is 0.400. The van der Waals surface area contributed by atoms with Crippen LogP contribution >= 0.6 is 0 Å². The smallest absolute Gasteiger partial charge is 0.340 e. The third kappa shape index (κ3) is 1.23. The molecule has 2 heterocycles. The minimum atomic E-state index is -0.307. The van der Waals surface area contributed by atoms with Gasteiger partial charge in [-0.25, -0.2) is 9.78 Å². The van der Waals surface area contributed by atoms with Crippen LogP contribution in [0.1, 0.15) is 35.8 Å². The van der Waals surface area contributed by atoms with Gasteiger partial charge in [-0.15, -0.1) is 0 Å². The highest BCUT2D eigenvalue weighted by Crippen LogP contribution is 2.29. The minimum absolute atomic E-state index is 0.103. The summed E-state index contributed by atoms with van der Waals surface area (Å²) in [5, 5.41) is 0. The molecule has 0 saturated carbocycles. The number of carbonyl (C=O) groups excluding carboxylic acids is 1. The van der Waals surface area contributed by atoms with E-state index >= 15 is 0 Å². The van der Waals surface area contributed by atoms with Gasteiger partial charge in [-0.1, -0.05) is 6.92 Å². The summed E-state index contributed by atoms with van der Waals surface area (Å²) in [4.78, 5) is 15.6. The van der Waals surface area contributed by atoms with Crippen molar-refractivity contribution in [3.8, 4) is 0 Å². The predicted molar refractivity (Wildman–Crippen MR) is 51.9 cm³/mol. The van der Waals surface area contributed by atoms with Crippen LogP contribution < -0.4 is 5.73 Å². The van der Waals surface area contributed by atoms with Gasteiger partial charge in [-0.2, -0.15) is 0 Å². The summed E-state index contributed by atoms with van der Waals surface area (Å²) in [6.07, 6.45) is -0.135. The van der Waals surface area contributed by atoms with Crippen molar-refractivity contribution in [2.75, 3.05) is 5.73 Å². The van der Waals surface area contributed by atoms with Crippen molar-refractivity contribution in [3.05, 3.63) is 23.4 Å². The van der Waals surface area contributed by atoms with Crippen molar-refractivity contribution >= 4 is 11.8 Å². The Hall–Kier alpha value is -1.58. The fourth-order valence-corrected chi connectivity index (χ4v) is 1.57. The van der Waals surface area contributed by atoms with Crippen LogP contribution in [0.5, 0.6) is 0 Å². The summed E-state index contributed by atoms with van der Waals surface area (Å²) < 4.78 is 5.15. The van der Waals surface area contributed by atoms with Crippen molar-refractivity contribution < 1.29 is 9.53 Å². The zero-order valence-electron chi connectivity index (χ0n) is 8.15. The Morgan fingerprint density at radius 2 is 2.14 bits per heavy atom. The van der Waals surface area contributed by atoms with Gasteiger partial charge in [-0.3, -0.25) is 0 Å². The van der Waals surface area contributed by atoms with E-state index in [9.17, 15) is 4.79 Å². The highest BCUT2D eigenvalue weighted by atomic mass is 16.5. The molecule has 0 spiro atoms. The second-order valence-corrected chi connectivity index (χ2v) is 3.57. The van der Waals surface area contributed by atoms with Crippen molar-refractivity contribution in [1.82, 2.24) is 4.98 Å². The van der Waals surface area contributed by atoms with Crippen LogP contribution in [0.15, 0.2) is 12.1 Å². The topological polar surface area (TPSA) is 65.2 Å². The quantitative estimate of drug-likeness (QED) is 0.630. The lowest BCUT2D eigenvalue weighted by Crippen LogP contribution is -2.29. The zero-order valence-corrected chi connectivity index (χ0v) is 8.15. The van der Waals surface area contributed by atoms with Gasteiger partial charge < -0.3 is 10.5 Å². The van der Waals surface area contributed by atoms with Crippen molar-refractivity contribution in [1.29, 1.82) is 0 Å². The maximum absolute atomic E-state index is 11.4. The number of esters is 1. The number of aromatic nitrogens is 1. The maximum Gasteiger partial charge on any atom is 0.340 e. The zero-order chi connectivity index (χ0) is 10.3. The highest BCUT2D eigenvalue weighted by molar-refractivity contribution is 5.92. The van der Waals surface area contributed by atoms with Crippen LogP contribution in [0.25, 0.3) is 0 Å². The van der Waals surface area contributed by atoms with E-state index in [1.807, 2.05) is 13.8 Å². The van der Waals surface area contributed by atoms with E-state index in [-0.39, 0.29) is 18.0 Å². The van der Waals surface area contributed by atoms with Crippen LogP contribution in [-0.2, 0) is 4.74 Å². The number of hydrogen-bond donors (Lipinski definition) is 1. The molecule has 2 N–H and O–H groups in total. The fourth-order valence-electron chi connectivity index (χ4n) is 1.57. The Kier molecular flexibility index (Phi) is 1.91. The molecule has 0 aromatic carbocycles. The summed E-state index contributed by atoms with van der Waals surface area (Å²) in [6, 6.07) is 3.28. The van der Waals surface area contributed by atoms with Gasteiger partial charge in [0, 0.05) is 5.92 Å². The van der Waals surface area contributed by atoms with Crippen molar-refractivity contribution in [3.63, 3.8) is 0 Å². The lowest BCUT2D eigenvalue weighted by molar-refractivity contribution is 0.0235. The lowest BCUT2D eigenvalue weighted by atomic mass is 9.94. The molecule has 2 atom stereocenters. The summed E-state index contributed by atoms with van der Waals surface area (Å²) in [7, 11) is 0. The molecule has 1 unspecified atom stereocenters. The van der Waals surface area contributed by atoms with Gasteiger partial charge in [0.15, 0.2) is 0 Å². The minimum Gasteiger partial charge on any atom is -0.458 e. The monoisotopic (exact) mass is 192 g/mol. The number of pyridine rings is 1. The molecule has 14 heavy (non-hydrogen) atoms. The lowest BCUT2D eigenvalue weighted by Gasteiger charge is -2.27. The molecule has 4 heteroatoms. The number of carbonyl (C=O) groups is 1. The number of ether oxygens (including phenoxy) is 1. The molecule has 4 nitrogen and oxygen atoms in total. The predicted octanol–water partition coefficient (Wildman–Crippen LogP) is 1.33. The number of rotatable bonds is 0. The first-order valence-electron chi connectivity index (χ1n) is 4.57. The van der Waals surface area contributed by atoms with E-state index in [0.29, 0.717) is 11.4 Å². The first kappa shape index (κ1) is 8.99. The summed E-state index contributed by atoms with van der Waals surface area (Å²) >= 11 is 0. The molecule has 2 rings (SSSR count). The van der Waals surface area contributed by atoms with Gasteiger partial charge in [0.2, 0.25) is 0 Å². The molecule has 0 amide bonds. The van der Waals surface area contributed by atoms with E-state index in [1.165, 1.54) is 0 Å². The number of nitrogens with two attached hydrogens (primary N) is 1. The molecule has 0 saturated heterocycles. The molecule has 0 fully saturated rings. The third-order valence-corrected chi connectivity index (χ3v) is 2.59. The second-order valence-electron chi connectivity index (χ2n) is 3.57. The van der Waals surface area contributed by atoms with Gasteiger partial charge in [0.05, 0.1) is 11.3 Å². The van der Waals surface area contributed by atoms with Crippen molar-refractivity contribution in [2.24, 2.45) is 0 Å². The van der Waals surface area contributed by atoms with Crippen LogP contribution in [-0.4, -0.2) is 17.1 Å². The molecular formula is C10H12N2O2. The number of cyclic esters (lactones) is 1. The molecule has 0 bridgehead atoms. The van der Waals surface area contributed by atoms with Crippen LogP contribution in [0.3, 0.4) is 0 Å². The molecular weight excluding hydrogens is 180 g/mol. The van der Waals surface area contributed by atoms with Crippen LogP contribution in [0.4, 0.5) is 5.82 Å². The Bertz CT molecular complexity index is 390. The average molecular weight is 192 g/mol. The first-order valence-corrected chi connectivity index (χ1v) is 4.57. The average Bonchev–Trinajstić information content (AvgIpc) is 2.14. The van der Waals surface area contributed by atoms with Crippen LogP contribution in [0.2, 0.25) is 0 Å². The number of hydrogen-bond acceptors (Lipinski definition) is 4. The largest absolute Gasteiger partial charge is 0.458 e. The molecule has 1 aromatic heterocycles. The van der Waals surface area contributed by atoms with Gasteiger partial charge in [-0.05, 0) is 19.1 Å². The standard InChI is InChI=1S/C10H12N2O2/c1-5-6(2)14-10(13)7-3-4-8(11)12-9(5)7/h3-6H,1-2H3,(H2,11,12)/t5?,6-/m1/s1. The summed E-state index contributed by atoms with van der Waals surface area (Å²) in [5.74, 6) is 0.238. The summed E-state index contributed by atoms with van der Waals surface area (Å²) in [6.45, 7) is 3.83. The first-order chi connectivity index (χ1) is 6.59. The third-order valence-electron chi connectivity index (χ3n) is 2.59. The summed E-state index contributed by atoms with van der Waals surface area (Å²) in [5.41, 5.74) is 6.85. The Morgan fingerprint density at radius 1 is 1.43 bits per heavy atom. The van der Waals surface area contributed by atoms with Gasteiger partial charge in [0.1, 0.15) is 11.9 Å².